The monoisotopic (exact) mass is 1090 g/mol. The van der Waals surface area contributed by atoms with Gasteiger partial charge < -0.3 is 33.7 Å². The molecule has 2 N–H and O–H groups in total. The van der Waals surface area contributed by atoms with Gasteiger partial charge in [0.15, 0.2) is 5.75 Å². The second-order valence-corrected chi connectivity index (χ2v) is 23.1. The first kappa shape index (κ1) is 53.9. The van der Waals surface area contributed by atoms with Gasteiger partial charge in [0.1, 0.15) is 28.5 Å². The molecule has 0 atom stereocenters. The van der Waals surface area contributed by atoms with Crippen LogP contribution in [0.15, 0.2) is 144 Å². The molecule has 0 bridgehead atoms. The molecule has 6 aromatic carbocycles. The number of aromatic nitrogens is 2. The summed E-state index contributed by atoms with van der Waals surface area (Å²) in [5, 5.41) is 16.2. The number of hydrogen-bond donors (Lipinski definition) is 2. The standard InChI is InChI=1S/C60H64ClN7O9S/c1-60(2)27-24-44(51(36-60)41-8-14-45(61)15-9-41)38-65-28-30-66(31-29-65)46-16-22-50(59(69)64-78(72,73)49-21-23-52(54(35-49)68(70)71)62-37-40-25-32-76-33-26-40)56(34-46)77-55-7-5-6-53-57(55)63-39-67(53)58(42-10-17-47(74-3)18-11-42)43-12-19-48(75-4)20-13-43/h5-23,34-35,39-40,58,62H,24-33,36-38H2,1-4H3,(H,64,69). The molecule has 0 saturated carbocycles. The van der Waals surface area contributed by atoms with Crippen LogP contribution in [0.3, 0.4) is 0 Å². The number of piperazine rings is 1. The van der Waals surface area contributed by atoms with Gasteiger partial charge in [-0.1, -0.05) is 73.5 Å². The second kappa shape index (κ2) is 23.3. The first-order chi connectivity index (χ1) is 37.6. The van der Waals surface area contributed by atoms with E-state index in [0.717, 1.165) is 85.2 Å². The van der Waals surface area contributed by atoms with Gasteiger partial charge in [0.25, 0.3) is 21.6 Å². The number of nitro benzene ring substituents is 1. The van der Waals surface area contributed by atoms with Gasteiger partial charge in [0, 0.05) is 75.3 Å². The molecule has 406 valence electrons. The molecule has 1 amide bonds. The van der Waals surface area contributed by atoms with Crippen molar-refractivity contribution < 1.29 is 37.1 Å². The molecule has 18 heteroatoms. The van der Waals surface area contributed by atoms with Crippen LogP contribution in [-0.2, 0) is 14.8 Å². The van der Waals surface area contributed by atoms with Crippen LogP contribution in [0.2, 0.25) is 5.02 Å². The third-order valence-electron chi connectivity index (χ3n) is 15.3. The van der Waals surface area contributed by atoms with Crippen LogP contribution in [-0.4, -0.2) is 100 Å². The Labute approximate surface area is 460 Å². The number of nitrogens with one attached hydrogen (secondary N) is 2. The third-order valence-corrected chi connectivity index (χ3v) is 16.9. The summed E-state index contributed by atoms with van der Waals surface area (Å²) in [5.74, 6) is 1.12. The van der Waals surface area contributed by atoms with Crippen LogP contribution < -0.4 is 29.1 Å². The van der Waals surface area contributed by atoms with Crippen LogP contribution >= 0.6 is 11.6 Å². The number of amides is 1. The van der Waals surface area contributed by atoms with Crippen LogP contribution in [0.5, 0.6) is 23.0 Å². The van der Waals surface area contributed by atoms with E-state index in [4.69, 9.17) is 35.5 Å². The van der Waals surface area contributed by atoms with Gasteiger partial charge >= 0.3 is 0 Å². The van der Waals surface area contributed by atoms with Gasteiger partial charge in [0.2, 0.25) is 0 Å². The van der Waals surface area contributed by atoms with Gasteiger partial charge in [-0.2, -0.15) is 0 Å². The van der Waals surface area contributed by atoms with E-state index in [1.165, 1.54) is 28.8 Å². The van der Waals surface area contributed by atoms with E-state index in [1.54, 1.807) is 44.8 Å². The zero-order valence-electron chi connectivity index (χ0n) is 44.2. The zero-order valence-corrected chi connectivity index (χ0v) is 45.8. The number of methoxy groups -OCH3 is 2. The number of nitrogens with zero attached hydrogens (tertiary/aromatic N) is 5. The molecule has 2 saturated heterocycles. The molecule has 1 aliphatic carbocycles. The summed E-state index contributed by atoms with van der Waals surface area (Å²) >= 11 is 6.30. The maximum Gasteiger partial charge on any atom is 0.293 e. The number of imidazole rings is 1. The Kier molecular flexibility index (Phi) is 16.1. The molecule has 0 unspecified atom stereocenters. The Morgan fingerprint density at radius 1 is 0.859 bits per heavy atom. The van der Waals surface area contributed by atoms with E-state index in [0.29, 0.717) is 55.6 Å². The molecular formula is C60H64ClN7O9S. The Hall–Kier alpha value is -7.44. The van der Waals surface area contributed by atoms with Gasteiger partial charge in [-0.3, -0.25) is 19.8 Å². The van der Waals surface area contributed by atoms with Gasteiger partial charge in [-0.05, 0) is 138 Å². The average molecular weight is 1090 g/mol. The van der Waals surface area contributed by atoms with Crippen molar-refractivity contribution in [1.82, 2.24) is 19.2 Å². The van der Waals surface area contributed by atoms with Crippen molar-refractivity contribution in [2.24, 2.45) is 11.3 Å². The maximum atomic E-state index is 14.5. The van der Waals surface area contributed by atoms with Crippen LogP contribution in [0.1, 0.15) is 79.0 Å². The quantitative estimate of drug-likeness (QED) is 0.0613. The summed E-state index contributed by atoms with van der Waals surface area (Å²) in [6.45, 7) is 10.2. The average Bonchev–Trinajstić information content (AvgIpc) is 4.04. The highest BCUT2D eigenvalue weighted by molar-refractivity contribution is 7.90. The first-order valence-corrected chi connectivity index (χ1v) is 28.2. The van der Waals surface area contributed by atoms with Crippen molar-refractivity contribution in [3.05, 3.63) is 177 Å². The van der Waals surface area contributed by atoms with Gasteiger partial charge in [-0.15, -0.1) is 0 Å². The van der Waals surface area contributed by atoms with Crippen molar-refractivity contribution in [2.45, 2.75) is 56.9 Å². The fourth-order valence-electron chi connectivity index (χ4n) is 10.8. The van der Waals surface area contributed by atoms with Gasteiger partial charge in [0.05, 0.1) is 47.5 Å². The number of benzene rings is 6. The highest BCUT2D eigenvalue weighted by Gasteiger charge is 2.31. The van der Waals surface area contributed by atoms with E-state index in [2.05, 4.69) is 50.4 Å². The number of fused-ring (bicyclic) bond motifs is 1. The number of ether oxygens (including phenoxy) is 4. The van der Waals surface area contributed by atoms with Gasteiger partial charge in [-0.25, -0.2) is 18.1 Å². The van der Waals surface area contributed by atoms with Crippen LogP contribution in [0.25, 0.3) is 16.6 Å². The molecule has 78 heavy (non-hydrogen) atoms. The van der Waals surface area contributed by atoms with E-state index < -0.39 is 31.4 Å². The summed E-state index contributed by atoms with van der Waals surface area (Å²) in [6, 6.07) is 37.8. The molecule has 2 fully saturated rings. The lowest BCUT2D eigenvalue weighted by molar-refractivity contribution is -0.384. The number of carbonyl (C=O) groups is 1. The fraction of sp³-hybridized carbons (Fsp3) is 0.333. The lowest BCUT2D eigenvalue weighted by Gasteiger charge is -2.39. The molecule has 3 aliphatic rings. The predicted molar refractivity (Wildman–Crippen MR) is 304 cm³/mol. The maximum absolute atomic E-state index is 14.5. The van der Waals surface area contributed by atoms with Crippen molar-refractivity contribution in [2.75, 3.05) is 76.9 Å². The summed E-state index contributed by atoms with van der Waals surface area (Å²) in [6.07, 6.45) is 6.50. The van der Waals surface area contributed by atoms with E-state index in [9.17, 15) is 23.3 Å². The van der Waals surface area contributed by atoms with Crippen molar-refractivity contribution in [3.63, 3.8) is 0 Å². The van der Waals surface area contributed by atoms with Crippen LogP contribution in [0, 0.1) is 21.4 Å². The highest BCUT2D eigenvalue weighted by atomic mass is 35.5. The second-order valence-electron chi connectivity index (χ2n) is 21.0. The Bertz CT molecular complexity index is 3400. The summed E-state index contributed by atoms with van der Waals surface area (Å²) in [4.78, 5) is 35.4. The topological polar surface area (TPSA) is 180 Å². The summed E-state index contributed by atoms with van der Waals surface area (Å²) < 4.78 is 55.6. The van der Waals surface area contributed by atoms with E-state index >= 15 is 0 Å². The number of para-hydroxylation sites is 1. The van der Waals surface area contributed by atoms with Crippen molar-refractivity contribution in [3.8, 4) is 23.0 Å². The molecule has 3 heterocycles. The lowest BCUT2D eigenvalue weighted by Crippen LogP contribution is -2.47. The summed E-state index contributed by atoms with van der Waals surface area (Å²) in [5.41, 5.74) is 7.88. The van der Waals surface area contributed by atoms with E-state index in [1.807, 2.05) is 72.8 Å². The van der Waals surface area contributed by atoms with Crippen molar-refractivity contribution in [1.29, 1.82) is 0 Å². The molecule has 2 aliphatic heterocycles. The number of sulfonamides is 1. The normalized spacial score (nSPS) is 16.3. The number of rotatable bonds is 18. The zero-order chi connectivity index (χ0) is 54.6. The first-order valence-electron chi connectivity index (χ1n) is 26.3. The third kappa shape index (κ3) is 12.1. The molecule has 0 radical (unpaired) electrons. The SMILES string of the molecule is COc1ccc(C(c2ccc(OC)cc2)n2cnc3c(Oc4cc(N5CCN(CC6=C(c7ccc(Cl)cc7)CC(C)(C)CC6)CC5)ccc4C(=O)NS(=O)(=O)c4ccc(NCC5CCOCC5)c([N+](=O)[O-])c4)cccc32)cc1. The molecular weight excluding hydrogens is 1030 g/mol. The number of nitro groups is 1. The largest absolute Gasteiger partial charge is 0.497 e. The lowest BCUT2D eigenvalue weighted by atomic mass is 9.72. The molecule has 16 nitrogen and oxygen atoms in total. The fourth-order valence-corrected chi connectivity index (χ4v) is 11.9. The minimum atomic E-state index is -4.65. The predicted octanol–water partition coefficient (Wildman–Crippen LogP) is 11.8. The smallest absolute Gasteiger partial charge is 0.293 e. The number of halogens is 1. The molecule has 7 aromatic rings. The number of hydrogen-bond acceptors (Lipinski definition) is 13. The number of allylic oxidation sites excluding steroid dienone is 1. The Morgan fingerprint density at radius 3 is 2.19 bits per heavy atom. The van der Waals surface area contributed by atoms with E-state index in [-0.39, 0.29) is 34.4 Å². The minimum Gasteiger partial charge on any atom is -0.497 e. The number of carbonyl (C=O) groups excluding carboxylic acids is 1. The minimum absolute atomic E-state index is 0.0714. The molecule has 1 aromatic heterocycles. The molecule has 0 spiro atoms. The number of anilines is 2. The van der Waals surface area contributed by atoms with Crippen LogP contribution in [0.4, 0.5) is 17.1 Å². The highest BCUT2D eigenvalue weighted by Crippen LogP contribution is 2.44. The Balaban J connectivity index is 0.957. The van der Waals surface area contributed by atoms with Crippen molar-refractivity contribution >= 4 is 61.2 Å². The molecule has 10 rings (SSSR count). The Morgan fingerprint density at radius 2 is 1.54 bits per heavy atom. The summed E-state index contributed by atoms with van der Waals surface area (Å²) in [7, 11) is -1.40.